The number of hydrogen-bond donors (Lipinski definition) is 0. The van der Waals surface area contributed by atoms with E-state index >= 15 is 0 Å². The summed E-state index contributed by atoms with van der Waals surface area (Å²) < 4.78 is 5.85. The predicted molar refractivity (Wildman–Crippen MR) is 72.7 cm³/mol. The Hall–Kier alpha value is -1.36. The van der Waals surface area contributed by atoms with Crippen LogP contribution >= 0.6 is 22.6 Å². The third-order valence-corrected chi connectivity index (χ3v) is 3.35. The zero-order valence-electron chi connectivity index (χ0n) is 8.24. The van der Waals surface area contributed by atoms with Gasteiger partial charge in [-0.25, -0.2) is 4.79 Å². The van der Waals surface area contributed by atoms with Crippen molar-refractivity contribution in [2.24, 2.45) is 0 Å². The minimum Gasteiger partial charge on any atom is -0.422 e. The average Bonchev–Trinajstić information content (AvgIpc) is 2.31. The molecule has 3 rings (SSSR count). The quantitative estimate of drug-likeness (QED) is 0.360. The van der Waals surface area contributed by atoms with Crippen molar-refractivity contribution in [3.63, 3.8) is 0 Å². The highest BCUT2D eigenvalue weighted by atomic mass is 127. The fraction of sp³-hybridized carbons (Fsp3) is 0. The molecule has 1 heterocycles. The van der Waals surface area contributed by atoms with Crippen LogP contribution in [0.1, 0.15) is 0 Å². The number of fused-ring (bicyclic) bond motifs is 3. The van der Waals surface area contributed by atoms with Gasteiger partial charge in [-0.15, -0.1) is 0 Å². The van der Waals surface area contributed by atoms with Crippen LogP contribution < -0.4 is 5.63 Å². The van der Waals surface area contributed by atoms with Crippen LogP contribution in [0.5, 0.6) is 0 Å². The van der Waals surface area contributed by atoms with Crippen LogP contribution in [0, 0.1) is 3.57 Å². The smallest absolute Gasteiger partial charge is 0.349 e. The maximum Gasteiger partial charge on any atom is 0.349 e. The molecule has 0 fully saturated rings. The molecule has 0 aliphatic heterocycles. The summed E-state index contributed by atoms with van der Waals surface area (Å²) in [5, 5.41) is 3.25. The first-order valence-electron chi connectivity index (χ1n) is 4.87. The van der Waals surface area contributed by atoms with Gasteiger partial charge in [-0.05, 0) is 45.5 Å². The van der Waals surface area contributed by atoms with Gasteiger partial charge in [0.15, 0.2) is 0 Å². The van der Waals surface area contributed by atoms with Crippen molar-refractivity contribution >= 4 is 44.3 Å². The summed E-state index contributed by atoms with van der Waals surface area (Å²) in [4.78, 5) is 11.4. The maximum absolute atomic E-state index is 11.4. The first-order valence-corrected chi connectivity index (χ1v) is 5.95. The summed E-state index contributed by atoms with van der Waals surface area (Å²) in [6, 6.07) is 13.8. The molecule has 1 aromatic heterocycles. The van der Waals surface area contributed by atoms with E-state index < -0.39 is 0 Å². The zero-order chi connectivity index (χ0) is 11.1. The molecule has 0 saturated heterocycles. The van der Waals surface area contributed by atoms with Crippen LogP contribution in [0.4, 0.5) is 0 Å². The summed E-state index contributed by atoms with van der Waals surface area (Å²) >= 11 is 2.00. The summed E-state index contributed by atoms with van der Waals surface area (Å²) in [5.41, 5.74) is 0.368. The summed E-state index contributed by atoms with van der Waals surface area (Å²) in [6.07, 6.45) is 0. The molecule has 2 nitrogen and oxygen atoms in total. The van der Waals surface area contributed by atoms with Gasteiger partial charge < -0.3 is 4.42 Å². The van der Waals surface area contributed by atoms with Crippen LogP contribution in [0.2, 0.25) is 0 Å². The monoisotopic (exact) mass is 322 g/mol. The first kappa shape index (κ1) is 9.84. The molecule has 3 heteroatoms. The normalized spacial score (nSPS) is 11.1. The lowest BCUT2D eigenvalue weighted by Gasteiger charge is -2.02. The van der Waals surface area contributed by atoms with E-state index in [0.717, 1.165) is 16.2 Å². The molecule has 0 unspecified atom stereocenters. The minimum absolute atomic E-state index is 0.275. The molecule has 0 radical (unpaired) electrons. The Bertz CT molecular complexity index is 744. The average molecular weight is 322 g/mol. The van der Waals surface area contributed by atoms with E-state index in [4.69, 9.17) is 4.42 Å². The van der Waals surface area contributed by atoms with Crippen molar-refractivity contribution < 1.29 is 4.42 Å². The van der Waals surface area contributed by atoms with Gasteiger partial charge in [0.25, 0.3) is 0 Å². The molecular formula is C13H7IO2. The second kappa shape index (κ2) is 3.59. The molecular weight excluding hydrogens is 315 g/mol. The molecule has 78 valence electrons. The van der Waals surface area contributed by atoms with E-state index in [9.17, 15) is 4.79 Å². The van der Waals surface area contributed by atoms with Crippen LogP contribution in [-0.2, 0) is 0 Å². The lowest BCUT2D eigenvalue weighted by atomic mass is 10.1. The van der Waals surface area contributed by atoms with E-state index in [2.05, 4.69) is 0 Å². The van der Waals surface area contributed by atoms with Crippen molar-refractivity contribution in [2.45, 2.75) is 0 Å². The fourth-order valence-corrected chi connectivity index (χ4v) is 2.27. The molecule has 3 aromatic rings. The Labute approximate surface area is 105 Å². The van der Waals surface area contributed by atoms with Gasteiger partial charge >= 0.3 is 5.63 Å². The topological polar surface area (TPSA) is 30.2 Å². The van der Waals surface area contributed by atoms with E-state index in [1.54, 1.807) is 0 Å². The molecule has 0 N–H and O–H groups in total. The highest BCUT2D eigenvalue weighted by Crippen LogP contribution is 2.24. The third kappa shape index (κ3) is 1.43. The summed E-state index contributed by atoms with van der Waals surface area (Å²) in [5.74, 6) is 0. The number of benzene rings is 2. The van der Waals surface area contributed by atoms with E-state index in [1.165, 1.54) is 0 Å². The highest BCUT2D eigenvalue weighted by molar-refractivity contribution is 14.1. The van der Waals surface area contributed by atoms with Crippen molar-refractivity contribution in [1.29, 1.82) is 0 Å². The van der Waals surface area contributed by atoms with Gasteiger partial charge in [0, 0.05) is 5.39 Å². The Morgan fingerprint density at radius 2 is 1.81 bits per heavy atom. The molecule has 0 aliphatic carbocycles. The number of rotatable bonds is 0. The molecule has 0 saturated carbocycles. The lowest BCUT2D eigenvalue weighted by Crippen LogP contribution is -2.01. The van der Waals surface area contributed by atoms with Gasteiger partial charge in [-0.3, -0.25) is 0 Å². The van der Waals surface area contributed by atoms with Crippen molar-refractivity contribution in [2.75, 3.05) is 0 Å². The van der Waals surface area contributed by atoms with Gasteiger partial charge in [0.2, 0.25) is 0 Å². The molecule has 0 bridgehead atoms. The molecule has 0 atom stereocenters. The molecule has 16 heavy (non-hydrogen) atoms. The van der Waals surface area contributed by atoms with Crippen molar-refractivity contribution in [1.82, 2.24) is 0 Å². The van der Waals surface area contributed by atoms with Gasteiger partial charge in [0.1, 0.15) is 5.58 Å². The van der Waals surface area contributed by atoms with Crippen LogP contribution in [0.15, 0.2) is 51.7 Å². The predicted octanol–water partition coefficient (Wildman–Crippen LogP) is 3.55. The van der Waals surface area contributed by atoms with E-state index in [1.807, 2.05) is 65.1 Å². The fourth-order valence-electron chi connectivity index (χ4n) is 1.85. The zero-order valence-corrected chi connectivity index (χ0v) is 10.4. The van der Waals surface area contributed by atoms with Crippen molar-refractivity contribution in [3.8, 4) is 0 Å². The van der Waals surface area contributed by atoms with Crippen LogP contribution in [0.3, 0.4) is 0 Å². The second-order valence-electron chi connectivity index (χ2n) is 3.58. The second-order valence-corrected chi connectivity index (χ2v) is 4.74. The van der Waals surface area contributed by atoms with Crippen molar-refractivity contribution in [3.05, 3.63) is 56.5 Å². The third-order valence-electron chi connectivity index (χ3n) is 2.60. The van der Waals surface area contributed by atoms with Gasteiger partial charge in [0.05, 0.1) is 3.57 Å². The van der Waals surface area contributed by atoms with Gasteiger partial charge in [-0.2, -0.15) is 0 Å². The van der Waals surface area contributed by atoms with E-state index in [-0.39, 0.29) is 5.63 Å². The summed E-state index contributed by atoms with van der Waals surface area (Å²) in [7, 11) is 0. The molecule has 0 spiro atoms. The molecule has 2 aromatic carbocycles. The number of hydrogen-bond acceptors (Lipinski definition) is 2. The Morgan fingerprint density at radius 3 is 2.69 bits per heavy atom. The van der Waals surface area contributed by atoms with E-state index in [0.29, 0.717) is 9.15 Å². The van der Waals surface area contributed by atoms with Crippen LogP contribution in [0.25, 0.3) is 21.7 Å². The lowest BCUT2D eigenvalue weighted by molar-refractivity contribution is 0.556. The summed E-state index contributed by atoms with van der Waals surface area (Å²) in [6.45, 7) is 0. The molecule has 0 amide bonds. The maximum atomic E-state index is 11.4. The Kier molecular flexibility index (Phi) is 2.21. The standard InChI is InChI=1S/C13H7IO2/c14-11-7-10-9-4-2-1-3-8(9)5-6-12(10)16-13(11)15/h1-7H. The Balaban J connectivity index is 2.60. The SMILES string of the molecule is O=c1oc2ccc3ccccc3c2cc1I. The minimum atomic E-state index is -0.275. The largest absolute Gasteiger partial charge is 0.422 e. The molecule has 0 aliphatic rings. The first-order chi connectivity index (χ1) is 7.75. The van der Waals surface area contributed by atoms with Gasteiger partial charge in [-0.1, -0.05) is 30.3 Å². The Morgan fingerprint density at radius 1 is 1.00 bits per heavy atom. The highest BCUT2D eigenvalue weighted by Gasteiger charge is 2.05. The van der Waals surface area contributed by atoms with Crippen LogP contribution in [-0.4, -0.2) is 0 Å². The number of halogens is 1.